The van der Waals surface area contributed by atoms with Crippen LogP contribution in [0.25, 0.3) is 10.8 Å². The summed E-state index contributed by atoms with van der Waals surface area (Å²) in [7, 11) is 0. The summed E-state index contributed by atoms with van der Waals surface area (Å²) in [6.07, 6.45) is 0.130. The molecule has 2 N–H and O–H groups in total. The summed E-state index contributed by atoms with van der Waals surface area (Å²) in [6, 6.07) is 19.7. The minimum absolute atomic E-state index is 0.0244. The molecule has 0 aliphatic heterocycles. The largest absolute Gasteiger partial charge is 0.352 e. The molecule has 0 spiro atoms. The molecule has 4 nitrogen and oxygen atoms in total. The Kier molecular flexibility index (Phi) is 5.59. The van der Waals surface area contributed by atoms with Gasteiger partial charge in [-0.3, -0.25) is 9.59 Å². The first-order valence-corrected chi connectivity index (χ1v) is 8.41. The molecular weight excluding hydrogens is 331 g/mol. The van der Waals surface area contributed by atoms with Crippen LogP contribution in [-0.4, -0.2) is 18.4 Å². The molecule has 0 heterocycles. The molecule has 0 saturated heterocycles. The minimum atomic E-state index is -0.578. The molecule has 132 valence electrons. The van der Waals surface area contributed by atoms with Crippen LogP contribution in [0.1, 0.15) is 22.3 Å². The number of halogens is 1. The van der Waals surface area contributed by atoms with E-state index in [1.807, 2.05) is 42.5 Å². The molecule has 3 aromatic carbocycles. The van der Waals surface area contributed by atoms with Crippen molar-refractivity contribution in [2.75, 3.05) is 6.54 Å². The van der Waals surface area contributed by atoms with E-state index in [-0.39, 0.29) is 24.4 Å². The number of fused-ring (bicyclic) bond motifs is 1. The fourth-order valence-electron chi connectivity index (χ4n) is 2.76. The third-order valence-electron chi connectivity index (χ3n) is 4.11. The van der Waals surface area contributed by atoms with Gasteiger partial charge in [-0.15, -0.1) is 0 Å². The van der Waals surface area contributed by atoms with Crippen molar-refractivity contribution in [2.24, 2.45) is 0 Å². The average Bonchev–Trinajstić information content (AvgIpc) is 2.66. The summed E-state index contributed by atoms with van der Waals surface area (Å²) in [6.45, 7) is 0.565. The first-order valence-electron chi connectivity index (χ1n) is 8.41. The number of hydrogen-bond acceptors (Lipinski definition) is 2. The number of benzene rings is 3. The summed E-state index contributed by atoms with van der Waals surface area (Å²) in [4.78, 5) is 23.9. The molecule has 0 aromatic heterocycles. The van der Waals surface area contributed by atoms with Gasteiger partial charge in [-0.25, -0.2) is 4.39 Å². The summed E-state index contributed by atoms with van der Waals surface area (Å²) in [5.41, 5.74) is 1.01. The number of carbonyl (C=O) groups excluding carboxylic acids is 2. The van der Waals surface area contributed by atoms with Crippen LogP contribution < -0.4 is 10.6 Å². The highest BCUT2D eigenvalue weighted by atomic mass is 19.1. The number of nitrogens with one attached hydrogen (secondary N) is 2. The van der Waals surface area contributed by atoms with E-state index in [1.165, 1.54) is 18.2 Å². The lowest BCUT2D eigenvalue weighted by Crippen LogP contribution is -2.30. The van der Waals surface area contributed by atoms with Gasteiger partial charge in [0, 0.05) is 19.5 Å². The van der Waals surface area contributed by atoms with Crippen LogP contribution in [0.4, 0.5) is 4.39 Å². The van der Waals surface area contributed by atoms with Crippen molar-refractivity contribution in [1.82, 2.24) is 10.6 Å². The molecule has 0 atom stereocenters. The number of carbonyl (C=O) groups is 2. The van der Waals surface area contributed by atoms with E-state index in [9.17, 15) is 14.0 Å². The van der Waals surface area contributed by atoms with Crippen molar-refractivity contribution in [3.8, 4) is 0 Å². The van der Waals surface area contributed by atoms with Gasteiger partial charge in [0.15, 0.2) is 0 Å². The lowest BCUT2D eigenvalue weighted by molar-refractivity contribution is -0.121. The SMILES string of the molecule is O=C(CCNC(=O)c1ccccc1F)NCc1cccc2ccccc12. The summed E-state index contributed by atoms with van der Waals surface area (Å²) >= 11 is 0. The van der Waals surface area contributed by atoms with Crippen molar-refractivity contribution in [3.63, 3.8) is 0 Å². The third kappa shape index (κ3) is 4.25. The Bertz CT molecular complexity index is 935. The van der Waals surface area contributed by atoms with Crippen molar-refractivity contribution >= 4 is 22.6 Å². The highest BCUT2D eigenvalue weighted by molar-refractivity contribution is 5.94. The smallest absolute Gasteiger partial charge is 0.254 e. The highest BCUT2D eigenvalue weighted by Gasteiger charge is 2.11. The molecule has 2 amide bonds. The molecule has 0 fully saturated rings. The van der Waals surface area contributed by atoms with Gasteiger partial charge >= 0.3 is 0 Å². The normalized spacial score (nSPS) is 10.5. The highest BCUT2D eigenvalue weighted by Crippen LogP contribution is 2.18. The lowest BCUT2D eigenvalue weighted by atomic mass is 10.0. The summed E-state index contributed by atoms with van der Waals surface area (Å²) in [5, 5.41) is 7.63. The average molecular weight is 350 g/mol. The van der Waals surface area contributed by atoms with E-state index in [0.29, 0.717) is 6.54 Å². The maximum Gasteiger partial charge on any atom is 0.254 e. The molecule has 0 radical (unpaired) electrons. The van der Waals surface area contributed by atoms with E-state index in [1.54, 1.807) is 6.07 Å². The fraction of sp³-hybridized carbons (Fsp3) is 0.143. The van der Waals surface area contributed by atoms with Crippen LogP contribution >= 0.6 is 0 Å². The molecule has 0 aliphatic rings. The van der Waals surface area contributed by atoms with Crippen LogP contribution in [0.2, 0.25) is 0 Å². The summed E-state index contributed by atoms with van der Waals surface area (Å²) < 4.78 is 13.5. The fourth-order valence-corrected chi connectivity index (χ4v) is 2.76. The zero-order chi connectivity index (χ0) is 18.4. The molecular formula is C21H19FN2O2. The predicted octanol–water partition coefficient (Wildman–Crippen LogP) is 3.42. The van der Waals surface area contributed by atoms with Gasteiger partial charge in [0.05, 0.1) is 5.56 Å². The van der Waals surface area contributed by atoms with Crippen LogP contribution in [0.5, 0.6) is 0 Å². The molecule has 3 rings (SSSR count). The monoisotopic (exact) mass is 350 g/mol. The molecule has 0 saturated carbocycles. The molecule has 0 unspecified atom stereocenters. The van der Waals surface area contributed by atoms with E-state index >= 15 is 0 Å². The van der Waals surface area contributed by atoms with Crippen LogP contribution in [0.15, 0.2) is 66.7 Å². The number of hydrogen-bond donors (Lipinski definition) is 2. The standard InChI is InChI=1S/C21H19FN2O2/c22-19-11-4-3-10-18(19)21(26)23-13-12-20(25)24-14-16-8-5-7-15-6-1-2-9-17(15)16/h1-11H,12-14H2,(H,23,26)(H,24,25). The number of rotatable bonds is 6. The van der Waals surface area contributed by atoms with Crippen LogP contribution in [0.3, 0.4) is 0 Å². The zero-order valence-electron chi connectivity index (χ0n) is 14.2. The predicted molar refractivity (Wildman–Crippen MR) is 99.1 cm³/mol. The quantitative estimate of drug-likeness (QED) is 0.716. The van der Waals surface area contributed by atoms with E-state index in [4.69, 9.17) is 0 Å². The van der Waals surface area contributed by atoms with Gasteiger partial charge in [0.1, 0.15) is 5.82 Å². The van der Waals surface area contributed by atoms with E-state index in [0.717, 1.165) is 16.3 Å². The van der Waals surface area contributed by atoms with Crippen LogP contribution in [-0.2, 0) is 11.3 Å². The molecule has 26 heavy (non-hydrogen) atoms. The maximum atomic E-state index is 13.5. The van der Waals surface area contributed by atoms with E-state index in [2.05, 4.69) is 10.6 Å². The Morgan fingerprint density at radius 3 is 2.42 bits per heavy atom. The zero-order valence-corrected chi connectivity index (χ0v) is 14.2. The molecule has 0 aliphatic carbocycles. The molecule has 3 aromatic rings. The van der Waals surface area contributed by atoms with Crippen molar-refractivity contribution in [1.29, 1.82) is 0 Å². The van der Waals surface area contributed by atoms with Gasteiger partial charge in [-0.1, -0.05) is 54.6 Å². The Morgan fingerprint density at radius 2 is 1.58 bits per heavy atom. The first kappa shape index (κ1) is 17.6. The Labute approximate surface area is 151 Å². The van der Waals surface area contributed by atoms with Gasteiger partial charge in [-0.2, -0.15) is 0 Å². The Morgan fingerprint density at radius 1 is 0.846 bits per heavy atom. The van der Waals surface area contributed by atoms with Gasteiger partial charge < -0.3 is 10.6 Å². The minimum Gasteiger partial charge on any atom is -0.352 e. The Hall–Kier alpha value is -3.21. The first-order chi connectivity index (χ1) is 12.6. The van der Waals surface area contributed by atoms with Crippen molar-refractivity contribution < 1.29 is 14.0 Å². The third-order valence-corrected chi connectivity index (χ3v) is 4.11. The number of amides is 2. The maximum absolute atomic E-state index is 13.5. The van der Waals surface area contributed by atoms with E-state index < -0.39 is 11.7 Å². The van der Waals surface area contributed by atoms with Crippen molar-refractivity contribution in [3.05, 3.63) is 83.7 Å². The van der Waals surface area contributed by atoms with Gasteiger partial charge in [0.25, 0.3) is 5.91 Å². The molecule has 5 heteroatoms. The lowest BCUT2D eigenvalue weighted by Gasteiger charge is -2.09. The second-order valence-corrected chi connectivity index (χ2v) is 5.90. The van der Waals surface area contributed by atoms with Crippen molar-refractivity contribution in [2.45, 2.75) is 13.0 Å². The summed E-state index contributed by atoms with van der Waals surface area (Å²) in [5.74, 6) is -1.28. The van der Waals surface area contributed by atoms with Gasteiger partial charge in [-0.05, 0) is 28.5 Å². The van der Waals surface area contributed by atoms with Gasteiger partial charge in [0.2, 0.25) is 5.91 Å². The second-order valence-electron chi connectivity index (χ2n) is 5.90. The molecule has 0 bridgehead atoms. The Balaban J connectivity index is 1.49. The topological polar surface area (TPSA) is 58.2 Å². The van der Waals surface area contributed by atoms with Crippen LogP contribution in [0, 0.1) is 5.82 Å². The second kappa shape index (κ2) is 8.25.